The van der Waals surface area contributed by atoms with Crippen molar-refractivity contribution in [1.29, 1.82) is 0 Å². The summed E-state index contributed by atoms with van der Waals surface area (Å²) in [4.78, 5) is 25.4. The summed E-state index contributed by atoms with van der Waals surface area (Å²) in [7, 11) is -0.416. The standard InChI is InChI=1S/C28H31N3O6S/c1-18-6-4-5-7-21(18)16-38(34,35)17-24-28(33)31-23-15-20(9-10-22(23)30-24)27(32)29-13-12-19-8-11-25(36-2)26(14-19)37-3/h4-11,14-15,24,30H,12-13,16-17H2,1-3H3,(H,29,32)(H,31,33)/t24-/m0/s1. The number of fused-ring (bicyclic) bond motifs is 1. The number of nitrogens with one attached hydrogen (secondary N) is 3. The summed E-state index contributed by atoms with van der Waals surface area (Å²) in [5.41, 5.74) is 3.94. The molecule has 0 bridgehead atoms. The SMILES string of the molecule is COc1ccc(CCNC(=O)c2ccc3c(c2)NC(=O)[C@H](CS(=O)(=O)Cc2ccccc2C)N3)cc1OC. The lowest BCUT2D eigenvalue weighted by Crippen LogP contribution is -2.43. The molecule has 0 aromatic heterocycles. The van der Waals surface area contributed by atoms with E-state index >= 15 is 0 Å². The van der Waals surface area contributed by atoms with E-state index in [1.165, 1.54) is 0 Å². The first-order valence-corrected chi connectivity index (χ1v) is 14.0. The molecule has 1 aliphatic rings. The van der Waals surface area contributed by atoms with E-state index < -0.39 is 21.8 Å². The van der Waals surface area contributed by atoms with E-state index in [4.69, 9.17) is 9.47 Å². The normalized spacial score (nSPS) is 14.6. The third-order valence-corrected chi connectivity index (χ3v) is 7.98. The van der Waals surface area contributed by atoms with Crippen molar-refractivity contribution in [2.45, 2.75) is 25.1 Å². The van der Waals surface area contributed by atoms with Crippen LogP contribution in [-0.4, -0.2) is 52.8 Å². The van der Waals surface area contributed by atoms with Crippen LogP contribution in [0.2, 0.25) is 0 Å². The Labute approximate surface area is 222 Å². The molecule has 1 aliphatic heterocycles. The molecule has 0 unspecified atom stereocenters. The Balaban J connectivity index is 1.36. The van der Waals surface area contributed by atoms with Crippen LogP contribution in [0.5, 0.6) is 11.5 Å². The van der Waals surface area contributed by atoms with Crippen molar-refractivity contribution in [2.75, 3.05) is 37.2 Å². The number of aryl methyl sites for hydroxylation is 1. The van der Waals surface area contributed by atoms with Crippen LogP contribution < -0.4 is 25.4 Å². The highest BCUT2D eigenvalue weighted by atomic mass is 32.2. The van der Waals surface area contributed by atoms with Gasteiger partial charge in [0, 0.05) is 12.1 Å². The third kappa shape index (κ3) is 6.44. The van der Waals surface area contributed by atoms with Gasteiger partial charge in [0.2, 0.25) is 5.91 Å². The zero-order valence-electron chi connectivity index (χ0n) is 21.5. The molecule has 9 nitrogen and oxygen atoms in total. The van der Waals surface area contributed by atoms with Crippen LogP contribution in [0.25, 0.3) is 0 Å². The van der Waals surface area contributed by atoms with Crippen LogP contribution in [0.1, 0.15) is 27.0 Å². The number of hydrogen-bond donors (Lipinski definition) is 3. The molecule has 0 aliphatic carbocycles. The summed E-state index contributed by atoms with van der Waals surface area (Å²) < 4.78 is 36.2. The Morgan fingerprint density at radius 2 is 1.74 bits per heavy atom. The van der Waals surface area contributed by atoms with Crippen LogP contribution in [0.15, 0.2) is 60.7 Å². The molecule has 1 heterocycles. The fourth-order valence-electron chi connectivity index (χ4n) is 4.29. The first-order valence-electron chi connectivity index (χ1n) is 12.1. The first-order chi connectivity index (χ1) is 18.2. The highest BCUT2D eigenvalue weighted by Gasteiger charge is 2.30. The molecule has 200 valence electrons. The molecule has 10 heteroatoms. The van der Waals surface area contributed by atoms with Crippen LogP contribution in [0.3, 0.4) is 0 Å². The lowest BCUT2D eigenvalue weighted by atomic mass is 10.1. The van der Waals surface area contributed by atoms with E-state index in [9.17, 15) is 18.0 Å². The van der Waals surface area contributed by atoms with Crippen LogP contribution in [0, 0.1) is 6.92 Å². The van der Waals surface area contributed by atoms with Gasteiger partial charge >= 0.3 is 0 Å². The Bertz CT molecular complexity index is 1450. The number of methoxy groups -OCH3 is 2. The molecule has 3 aromatic rings. The molecule has 2 amide bonds. The van der Waals surface area contributed by atoms with Crippen LogP contribution in [-0.2, 0) is 26.8 Å². The van der Waals surface area contributed by atoms with E-state index in [1.807, 2.05) is 37.3 Å². The average molecular weight is 538 g/mol. The number of ether oxygens (including phenoxy) is 2. The predicted octanol–water partition coefficient (Wildman–Crippen LogP) is 3.33. The minimum atomic E-state index is -3.56. The van der Waals surface area contributed by atoms with Crippen molar-refractivity contribution in [3.8, 4) is 11.5 Å². The highest BCUT2D eigenvalue weighted by Crippen LogP contribution is 2.29. The first kappa shape index (κ1) is 27.0. The predicted molar refractivity (Wildman–Crippen MR) is 147 cm³/mol. The van der Waals surface area contributed by atoms with Crippen molar-refractivity contribution in [2.24, 2.45) is 0 Å². The molecule has 3 N–H and O–H groups in total. The molecule has 0 saturated heterocycles. The second kappa shape index (κ2) is 11.6. The van der Waals surface area contributed by atoms with Crippen molar-refractivity contribution in [3.05, 3.63) is 82.9 Å². The Morgan fingerprint density at radius 3 is 2.47 bits per heavy atom. The van der Waals surface area contributed by atoms with Gasteiger partial charge in [-0.1, -0.05) is 30.3 Å². The number of hydrogen-bond acceptors (Lipinski definition) is 7. The zero-order valence-corrected chi connectivity index (χ0v) is 22.4. The molecule has 0 radical (unpaired) electrons. The van der Waals surface area contributed by atoms with E-state index in [0.29, 0.717) is 47.0 Å². The topological polar surface area (TPSA) is 123 Å². The Hall–Kier alpha value is -4.05. The molecule has 4 rings (SSSR count). The maximum absolute atomic E-state index is 12.8. The van der Waals surface area contributed by atoms with Gasteiger partial charge in [0.05, 0.1) is 37.1 Å². The van der Waals surface area contributed by atoms with Crippen LogP contribution in [0.4, 0.5) is 11.4 Å². The molecule has 1 atom stereocenters. The van der Waals surface area contributed by atoms with E-state index in [0.717, 1.165) is 11.1 Å². The number of sulfone groups is 1. The second-order valence-corrected chi connectivity index (χ2v) is 11.2. The van der Waals surface area contributed by atoms with Gasteiger partial charge in [-0.05, 0) is 60.4 Å². The molecular weight excluding hydrogens is 506 g/mol. The summed E-state index contributed by atoms with van der Waals surface area (Å²) in [6.45, 7) is 2.26. The summed E-state index contributed by atoms with van der Waals surface area (Å²) >= 11 is 0. The zero-order chi connectivity index (χ0) is 27.3. The molecule has 0 saturated carbocycles. The molecule has 0 fully saturated rings. The minimum absolute atomic E-state index is 0.138. The maximum atomic E-state index is 12.8. The Kier molecular flexibility index (Phi) is 8.21. The summed E-state index contributed by atoms with van der Waals surface area (Å²) in [6.07, 6.45) is 0.591. The molecule has 0 spiro atoms. The van der Waals surface area contributed by atoms with Gasteiger partial charge in [-0.3, -0.25) is 9.59 Å². The highest BCUT2D eigenvalue weighted by molar-refractivity contribution is 7.90. The average Bonchev–Trinajstić information content (AvgIpc) is 2.89. The van der Waals surface area contributed by atoms with Gasteiger partial charge in [0.25, 0.3) is 5.91 Å². The van der Waals surface area contributed by atoms with Crippen molar-refractivity contribution < 1.29 is 27.5 Å². The quantitative estimate of drug-likeness (QED) is 0.363. The van der Waals surface area contributed by atoms with Gasteiger partial charge in [-0.15, -0.1) is 0 Å². The van der Waals surface area contributed by atoms with Crippen molar-refractivity contribution in [1.82, 2.24) is 5.32 Å². The number of carbonyl (C=O) groups excluding carboxylic acids is 2. The van der Waals surface area contributed by atoms with Gasteiger partial charge in [-0.2, -0.15) is 0 Å². The smallest absolute Gasteiger partial charge is 0.251 e. The minimum Gasteiger partial charge on any atom is -0.493 e. The van der Waals surface area contributed by atoms with Gasteiger partial charge < -0.3 is 25.4 Å². The van der Waals surface area contributed by atoms with Crippen molar-refractivity contribution >= 4 is 33.0 Å². The maximum Gasteiger partial charge on any atom is 0.251 e. The molecule has 38 heavy (non-hydrogen) atoms. The fraction of sp³-hybridized carbons (Fsp3) is 0.286. The van der Waals surface area contributed by atoms with E-state index in [-0.39, 0.29) is 17.4 Å². The molecule has 3 aromatic carbocycles. The lowest BCUT2D eigenvalue weighted by Gasteiger charge is -2.27. The second-order valence-electron chi connectivity index (χ2n) is 9.12. The summed E-state index contributed by atoms with van der Waals surface area (Å²) in [5, 5.41) is 8.62. The van der Waals surface area contributed by atoms with Gasteiger partial charge in [-0.25, -0.2) is 8.42 Å². The van der Waals surface area contributed by atoms with E-state index in [2.05, 4.69) is 16.0 Å². The van der Waals surface area contributed by atoms with Crippen LogP contribution >= 0.6 is 0 Å². The number of benzene rings is 3. The van der Waals surface area contributed by atoms with Gasteiger partial charge in [0.15, 0.2) is 21.3 Å². The number of amides is 2. The van der Waals surface area contributed by atoms with Crippen molar-refractivity contribution in [3.63, 3.8) is 0 Å². The summed E-state index contributed by atoms with van der Waals surface area (Å²) in [6, 6.07) is 16.8. The monoisotopic (exact) mass is 537 g/mol. The number of rotatable bonds is 10. The Morgan fingerprint density at radius 1 is 0.974 bits per heavy atom. The largest absolute Gasteiger partial charge is 0.493 e. The fourth-order valence-corrected chi connectivity index (χ4v) is 5.94. The summed E-state index contributed by atoms with van der Waals surface area (Å²) in [5.74, 6) is 0.0276. The van der Waals surface area contributed by atoms with E-state index in [1.54, 1.807) is 44.6 Å². The number of anilines is 2. The lowest BCUT2D eigenvalue weighted by molar-refractivity contribution is -0.116. The number of carbonyl (C=O) groups is 2. The molecular formula is C28H31N3O6S. The third-order valence-electron chi connectivity index (χ3n) is 6.39. The van der Waals surface area contributed by atoms with Gasteiger partial charge in [0.1, 0.15) is 6.04 Å².